The molecule has 0 bridgehead atoms. The van der Waals surface area contributed by atoms with Crippen LogP contribution in [0.5, 0.6) is 23.0 Å². The molecule has 104 valence electrons. The summed E-state index contributed by atoms with van der Waals surface area (Å²) in [4.78, 5) is 10.9. The number of carbonyl (C=O) groups is 1. The van der Waals surface area contributed by atoms with Crippen molar-refractivity contribution in [3.8, 4) is 23.0 Å². The number of benzene rings is 2. The maximum Gasteiger partial charge on any atom is 0.308 e. The number of esters is 1. The lowest BCUT2D eigenvalue weighted by Gasteiger charge is -2.11. The van der Waals surface area contributed by atoms with E-state index >= 15 is 0 Å². The summed E-state index contributed by atoms with van der Waals surface area (Å²) >= 11 is 0. The highest BCUT2D eigenvalue weighted by molar-refractivity contribution is 5.69. The Kier molecular flexibility index (Phi) is 3.94. The molecule has 0 radical (unpaired) electrons. The highest BCUT2D eigenvalue weighted by Gasteiger charge is 2.06. The van der Waals surface area contributed by atoms with Crippen LogP contribution < -0.4 is 9.47 Å². The van der Waals surface area contributed by atoms with Gasteiger partial charge in [-0.25, -0.2) is 0 Å². The summed E-state index contributed by atoms with van der Waals surface area (Å²) < 4.78 is 10.8. The van der Waals surface area contributed by atoms with E-state index < -0.39 is 0 Å². The third-order valence-corrected chi connectivity index (χ3v) is 2.80. The van der Waals surface area contributed by atoms with E-state index in [-0.39, 0.29) is 11.7 Å². The van der Waals surface area contributed by atoms with Gasteiger partial charge in [0.05, 0.1) is 0 Å². The van der Waals surface area contributed by atoms with Crippen LogP contribution in [0.1, 0.15) is 18.1 Å². The van der Waals surface area contributed by atoms with Gasteiger partial charge < -0.3 is 14.6 Å². The molecular formula is C16H16O4. The first kappa shape index (κ1) is 13.9. The van der Waals surface area contributed by atoms with Crippen molar-refractivity contribution in [2.45, 2.75) is 20.8 Å². The van der Waals surface area contributed by atoms with Crippen LogP contribution in [0.25, 0.3) is 0 Å². The lowest BCUT2D eigenvalue weighted by Crippen LogP contribution is -2.01. The van der Waals surface area contributed by atoms with Crippen molar-refractivity contribution in [1.29, 1.82) is 0 Å². The molecule has 0 amide bonds. The Morgan fingerprint density at radius 2 is 1.65 bits per heavy atom. The third kappa shape index (κ3) is 3.29. The Labute approximate surface area is 117 Å². The van der Waals surface area contributed by atoms with E-state index in [1.807, 2.05) is 6.92 Å². The predicted molar refractivity (Wildman–Crippen MR) is 75.4 cm³/mol. The molecule has 0 aliphatic heterocycles. The average Bonchev–Trinajstić information content (AvgIpc) is 2.36. The monoisotopic (exact) mass is 272 g/mol. The normalized spacial score (nSPS) is 10.2. The summed E-state index contributed by atoms with van der Waals surface area (Å²) in [6.07, 6.45) is 0. The van der Waals surface area contributed by atoms with Gasteiger partial charge >= 0.3 is 5.97 Å². The Bertz CT molecular complexity index is 647. The fourth-order valence-corrected chi connectivity index (χ4v) is 1.78. The molecule has 0 aliphatic carbocycles. The maximum atomic E-state index is 10.9. The molecule has 2 aromatic carbocycles. The molecule has 2 aromatic rings. The number of hydrogen-bond acceptors (Lipinski definition) is 4. The van der Waals surface area contributed by atoms with Gasteiger partial charge in [-0.2, -0.15) is 0 Å². The molecule has 0 aromatic heterocycles. The molecule has 20 heavy (non-hydrogen) atoms. The van der Waals surface area contributed by atoms with Crippen LogP contribution in [0.15, 0.2) is 36.4 Å². The molecule has 2 rings (SSSR count). The quantitative estimate of drug-likeness (QED) is 0.683. The van der Waals surface area contributed by atoms with E-state index in [2.05, 4.69) is 0 Å². The SMILES string of the molecule is CC(=O)Oc1ccc(Oc2ccc(O)c(C)c2)c(C)c1. The number of aryl methyl sites for hydroxylation is 2. The van der Waals surface area contributed by atoms with Crippen molar-refractivity contribution in [2.75, 3.05) is 0 Å². The van der Waals surface area contributed by atoms with Gasteiger partial charge in [-0.15, -0.1) is 0 Å². The Hall–Kier alpha value is -2.49. The molecule has 4 heteroatoms. The topological polar surface area (TPSA) is 55.8 Å². The summed E-state index contributed by atoms with van der Waals surface area (Å²) in [6.45, 7) is 5.04. The van der Waals surface area contributed by atoms with Gasteiger partial charge in [0.2, 0.25) is 0 Å². The molecule has 0 fully saturated rings. The first-order valence-electron chi connectivity index (χ1n) is 6.22. The molecule has 1 N–H and O–H groups in total. The molecule has 0 atom stereocenters. The molecule has 4 nitrogen and oxygen atoms in total. The van der Waals surface area contributed by atoms with Crippen LogP contribution in [-0.4, -0.2) is 11.1 Å². The smallest absolute Gasteiger partial charge is 0.308 e. The summed E-state index contributed by atoms with van der Waals surface area (Å²) in [6, 6.07) is 10.2. The van der Waals surface area contributed by atoms with Crippen LogP contribution in [0, 0.1) is 13.8 Å². The number of aromatic hydroxyl groups is 1. The molecule has 0 spiro atoms. The maximum absolute atomic E-state index is 10.9. The molecular weight excluding hydrogens is 256 g/mol. The van der Waals surface area contributed by atoms with Gasteiger partial charge in [-0.1, -0.05) is 0 Å². The van der Waals surface area contributed by atoms with E-state index in [0.29, 0.717) is 17.2 Å². The van der Waals surface area contributed by atoms with E-state index in [4.69, 9.17) is 9.47 Å². The average molecular weight is 272 g/mol. The van der Waals surface area contributed by atoms with Crippen molar-refractivity contribution in [1.82, 2.24) is 0 Å². The zero-order chi connectivity index (χ0) is 14.7. The minimum Gasteiger partial charge on any atom is -0.508 e. The number of ether oxygens (including phenoxy) is 2. The lowest BCUT2D eigenvalue weighted by molar-refractivity contribution is -0.131. The van der Waals surface area contributed by atoms with Crippen molar-refractivity contribution >= 4 is 5.97 Å². The van der Waals surface area contributed by atoms with Crippen LogP contribution in [-0.2, 0) is 4.79 Å². The van der Waals surface area contributed by atoms with Gasteiger partial charge in [0.25, 0.3) is 0 Å². The first-order valence-corrected chi connectivity index (χ1v) is 6.22. The largest absolute Gasteiger partial charge is 0.508 e. The third-order valence-electron chi connectivity index (χ3n) is 2.80. The number of phenolic OH excluding ortho intramolecular Hbond substituents is 1. The summed E-state index contributed by atoms with van der Waals surface area (Å²) in [7, 11) is 0. The minimum atomic E-state index is -0.354. The summed E-state index contributed by atoms with van der Waals surface area (Å²) in [5.41, 5.74) is 1.60. The Morgan fingerprint density at radius 1 is 1.00 bits per heavy atom. The standard InChI is InChI=1S/C16H16O4/c1-10-8-14(4-6-15(10)18)20-16-7-5-13(9-11(16)2)19-12(3)17/h4-9,18H,1-3H3. The number of phenols is 1. The second-order valence-electron chi connectivity index (χ2n) is 4.57. The minimum absolute atomic E-state index is 0.235. The van der Waals surface area contributed by atoms with E-state index in [1.165, 1.54) is 6.92 Å². The Morgan fingerprint density at radius 3 is 2.25 bits per heavy atom. The first-order chi connectivity index (χ1) is 9.45. The number of hydrogen-bond donors (Lipinski definition) is 1. The van der Waals surface area contributed by atoms with Gasteiger partial charge in [0.1, 0.15) is 23.0 Å². The Balaban J connectivity index is 2.21. The zero-order valence-electron chi connectivity index (χ0n) is 11.6. The van der Waals surface area contributed by atoms with Gasteiger partial charge in [0.15, 0.2) is 0 Å². The summed E-state index contributed by atoms with van der Waals surface area (Å²) in [5.74, 6) is 1.69. The fraction of sp³-hybridized carbons (Fsp3) is 0.188. The van der Waals surface area contributed by atoms with Crippen molar-refractivity contribution in [3.05, 3.63) is 47.5 Å². The highest BCUT2D eigenvalue weighted by atomic mass is 16.5. The summed E-state index contributed by atoms with van der Waals surface area (Å²) in [5, 5.41) is 9.48. The highest BCUT2D eigenvalue weighted by Crippen LogP contribution is 2.30. The van der Waals surface area contributed by atoms with E-state index in [9.17, 15) is 9.90 Å². The molecule has 0 saturated heterocycles. The molecule has 0 heterocycles. The van der Waals surface area contributed by atoms with Crippen LogP contribution in [0.3, 0.4) is 0 Å². The zero-order valence-corrected chi connectivity index (χ0v) is 11.6. The van der Waals surface area contributed by atoms with Crippen molar-refractivity contribution in [3.63, 3.8) is 0 Å². The van der Waals surface area contributed by atoms with Crippen LogP contribution in [0.2, 0.25) is 0 Å². The predicted octanol–water partition coefficient (Wildman–Crippen LogP) is 3.73. The lowest BCUT2D eigenvalue weighted by atomic mass is 10.2. The van der Waals surface area contributed by atoms with Crippen LogP contribution >= 0.6 is 0 Å². The molecule has 0 saturated carbocycles. The van der Waals surface area contributed by atoms with E-state index in [1.54, 1.807) is 43.3 Å². The second kappa shape index (κ2) is 5.65. The molecule has 0 aliphatic rings. The second-order valence-corrected chi connectivity index (χ2v) is 4.57. The van der Waals surface area contributed by atoms with Gasteiger partial charge in [0, 0.05) is 6.92 Å². The fourth-order valence-electron chi connectivity index (χ4n) is 1.78. The van der Waals surface area contributed by atoms with Gasteiger partial charge in [-0.05, 0) is 61.4 Å². The molecule has 0 unspecified atom stereocenters. The van der Waals surface area contributed by atoms with Crippen LogP contribution in [0.4, 0.5) is 0 Å². The van der Waals surface area contributed by atoms with E-state index in [0.717, 1.165) is 11.1 Å². The number of rotatable bonds is 3. The van der Waals surface area contributed by atoms with Crippen molar-refractivity contribution in [2.24, 2.45) is 0 Å². The number of carbonyl (C=O) groups excluding carboxylic acids is 1. The van der Waals surface area contributed by atoms with Gasteiger partial charge in [-0.3, -0.25) is 4.79 Å². The van der Waals surface area contributed by atoms with Crippen molar-refractivity contribution < 1.29 is 19.4 Å².